The molecule has 2 fully saturated rings. The highest BCUT2D eigenvalue weighted by atomic mass is 16.6. The Hall–Kier alpha value is -3.46. The fourth-order valence-corrected chi connectivity index (χ4v) is 4.26. The molecule has 0 aliphatic carbocycles. The first-order valence-corrected chi connectivity index (χ1v) is 11.2. The van der Waals surface area contributed by atoms with Crippen molar-refractivity contribution in [2.75, 3.05) is 52.9 Å². The van der Waals surface area contributed by atoms with Gasteiger partial charge in [0.15, 0.2) is 23.0 Å². The van der Waals surface area contributed by atoms with Crippen molar-refractivity contribution in [1.29, 1.82) is 0 Å². The van der Waals surface area contributed by atoms with Gasteiger partial charge in [0.05, 0.1) is 41.1 Å². The van der Waals surface area contributed by atoms with Crippen LogP contribution in [-0.2, 0) is 14.3 Å². The number of hydrogen-bond acceptors (Lipinski definition) is 7. The highest BCUT2D eigenvalue weighted by Gasteiger charge is 2.32. The van der Waals surface area contributed by atoms with Crippen LogP contribution < -0.4 is 24.3 Å². The van der Waals surface area contributed by atoms with Crippen molar-refractivity contribution in [3.8, 4) is 23.0 Å². The average Bonchev–Trinajstić information content (AvgIpc) is 3.48. The van der Waals surface area contributed by atoms with E-state index < -0.39 is 0 Å². The first kappa shape index (κ1) is 23.7. The number of nitrogens with zero attached hydrogens (tertiary/aromatic N) is 1. The van der Waals surface area contributed by atoms with E-state index in [4.69, 9.17) is 23.7 Å². The number of rotatable bonds is 9. The van der Waals surface area contributed by atoms with E-state index in [-0.39, 0.29) is 30.4 Å². The number of carbonyl (C=O) groups excluding carboxylic acids is 2. The van der Waals surface area contributed by atoms with E-state index >= 15 is 0 Å². The van der Waals surface area contributed by atoms with Gasteiger partial charge in [0, 0.05) is 37.1 Å². The Morgan fingerprint density at radius 3 is 2.47 bits per heavy atom. The Bertz CT molecular complexity index is 1040. The van der Waals surface area contributed by atoms with Crippen LogP contribution >= 0.6 is 0 Å². The smallest absolute Gasteiger partial charge is 0.243 e. The molecule has 0 bridgehead atoms. The summed E-state index contributed by atoms with van der Waals surface area (Å²) in [5, 5.41) is 2.82. The van der Waals surface area contributed by atoms with E-state index in [1.165, 1.54) is 7.11 Å². The van der Waals surface area contributed by atoms with Crippen LogP contribution in [0, 0.1) is 0 Å². The molecule has 0 radical (unpaired) electrons. The van der Waals surface area contributed by atoms with Crippen LogP contribution in [0.2, 0.25) is 0 Å². The van der Waals surface area contributed by atoms with E-state index in [0.717, 1.165) is 12.0 Å². The van der Waals surface area contributed by atoms with Gasteiger partial charge >= 0.3 is 0 Å². The highest BCUT2D eigenvalue weighted by Crippen LogP contribution is 2.36. The number of nitrogens with one attached hydrogen (secondary N) is 1. The third-order valence-corrected chi connectivity index (χ3v) is 6.06. The summed E-state index contributed by atoms with van der Waals surface area (Å²) < 4.78 is 27.4. The van der Waals surface area contributed by atoms with E-state index in [1.54, 1.807) is 37.3 Å². The molecule has 34 heavy (non-hydrogen) atoms. The molecule has 9 heteroatoms. The fraction of sp³-hybridized carbons (Fsp3) is 0.440. The van der Waals surface area contributed by atoms with Gasteiger partial charge in [-0.25, -0.2) is 0 Å². The Kier molecular flexibility index (Phi) is 7.42. The van der Waals surface area contributed by atoms with Crippen LogP contribution in [-0.4, -0.2) is 70.5 Å². The number of methoxy groups -OCH3 is 3. The third kappa shape index (κ3) is 5.36. The van der Waals surface area contributed by atoms with Crippen molar-refractivity contribution >= 4 is 17.5 Å². The van der Waals surface area contributed by atoms with Crippen LogP contribution in [0.5, 0.6) is 23.0 Å². The van der Waals surface area contributed by atoms with E-state index in [9.17, 15) is 9.59 Å². The van der Waals surface area contributed by atoms with E-state index in [1.807, 2.05) is 18.2 Å². The first-order chi connectivity index (χ1) is 16.5. The van der Waals surface area contributed by atoms with Gasteiger partial charge in [0.1, 0.15) is 6.10 Å². The second kappa shape index (κ2) is 10.6. The molecule has 182 valence electrons. The van der Waals surface area contributed by atoms with Gasteiger partial charge < -0.3 is 33.9 Å². The predicted octanol–water partition coefficient (Wildman–Crippen LogP) is 2.83. The lowest BCUT2D eigenvalue weighted by Gasteiger charge is -2.19. The molecule has 1 N–H and O–H groups in total. The van der Waals surface area contributed by atoms with Crippen molar-refractivity contribution in [2.45, 2.75) is 24.9 Å². The van der Waals surface area contributed by atoms with Crippen LogP contribution in [0.4, 0.5) is 5.69 Å². The Labute approximate surface area is 198 Å². The SMILES string of the molecule is COc1ccc(NC(=O)CN2C[C@H](c3ccc(OC)c(O[C@@H]4CCOC4)c3)CC2=O)cc1OC. The zero-order valence-corrected chi connectivity index (χ0v) is 19.7. The topological polar surface area (TPSA) is 95.6 Å². The quantitative estimate of drug-likeness (QED) is 0.602. The highest BCUT2D eigenvalue weighted by molar-refractivity contribution is 5.95. The summed E-state index contributed by atoms with van der Waals surface area (Å²) in [7, 11) is 4.68. The van der Waals surface area contributed by atoms with Gasteiger partial charge in [0.2, 0.25) is 11.8 Å². The maximum Gasteiger partial charge on any atom is 0.243 e. The van der Waals surface area contributed by atoms with E-state index in [0.29, 0.717) is 54.9 Å². The molecule has 2 heterocycles. The number of hydrogen-bond donors (Lipinski definition) is 1. The zero-order valence-electron chi connectivity index (χ0n) is 19.7. The lowest BCUT2D eigenvalue weighted by Crippen LogP contribution is -2.34. The Morgan fingerprint density at radius 2 is 1.76 bits per heavy atom. The average molecular weight is 471 g/mol. The molecular formula is C25H30N2O7. The number of anilines is 1. The summed E-state index contributed by atoms with van der Waals surface area (Å²) in [5.74, 6) is 2.00. The summed E-state index contributed by atoms with van der Waals surface area (Å²) in [4.78, 5) is 26.8. The second-order valence-corrected chi connectivity index (χ2v) is 8.31. The molecule has 2 aliphatic rings. The van der Waals surface area contributed by atoms with Crippen molar-refractivity contribution < 1.29 is 33.3 Å². The zero-order chi connectivity index (χ0) is 24.1. The monoisotopic (exact) mass is 470 g/mol. The van der Waals surface area contributed by atoms with Crippen LogP contribution in [0.3, 0.4) is 0 Å². The second-order valence-electron chi connectivity index (χ2n) is 8.31. The number of amides is 2. The Balaban J connectivity index is 1.39. The van der Waals surface area contributed by atoms with Gasteiger partial charge in [-0.3, -0.25) is 9.59 Å². The van der Waals surface area contributed by atoms with E-state index in [2.05, 4.69) is 5.32 Å². The molecule has 4 rings (SSSR count). The van der Waals surface area contributed by atoms with Gasteiger partial charge in [0.25, 0.3) is 0 Å². The van der Waals surface area contributed by atoms with Crippen molar-refractivity contribution in [3.63, 3.8) is 0 Å². The molecule has 9 nitrogen and oxygen atoms in total. The summed E-state index contributed by atoms with van der Waals surface area (Å²) in [6.45, 7) is 1.67. The molecule has 2 saturated heterocycles. The number of carbonyl (C=O) groups is 2. The minimum absolute atomic E-state index is 0.00821. The lowest BCUT2D eigenvalue weighted by molar-refractivity contribution is -0.131. The number of benzene rings is 2. The molecule has 2 amide bonds. The molecule has 0 saturated carbocycles. The maximum absolute atomic E-state index is 12.7. The first-order valence-electron chi connectivity index (χ1n) is 11.2. The largest absolute Gasteiger partial charge is 0.493 e. The van der Waals surface area contributed by atoms with Gasteiger partial charge in [-0.15, -0.1) is 0 Å². The molecular weight excluding hydrogens is 440 g/mol. The Morgan fingerprint density at radius 1 is 1.03 bits per heavy atom. The molecule has 2 aromatic carbocycles. The van der Waals surface area contributed by atoms with Gasteiger partial charge in [-0.05, 0) is 29.8 Å². The van der Waals surface area contributed by atoms with Gasteiger partial charge in [-0.1, -0.05) is 6.07 Å². The summed E-state index contributed by atoms with van der Waals surface area (Å²) in [6.07, 6.45) is 1.16. The standard InChI is InChI=1S/C25H30N2O7/c1-30-20-7-5-18(12-22(20)32-3)26-24(28)14-27-13-17(11-25(27)29)16-4-6-21(31-2)23(10-16)34-19-8-9-33-15-19/h4-7,10,12,17,19H,8-9,11,13-15H2,1-3H3,(H,26,28)/t17-,19-/m1/s1. The molecule has 2 aliphatic heterocycles. The summed E-state index contributed by atoms with van der Waals surface area (Å²) in [6, 6.07) is 10.9. The molecule has 0 aromatic heterocycles. The third-order valence-electron chi connectivity index (χ3n) is 6.06. The molecule has 0 unspecified atom stereocenters. The van der Waals surface area contributed by atoms with Crippen molar-refractivity contribution in [3.05, 3.63) is 42.0 Å². The molecule has 2 aromatic rings. The van der Waals surface area contributed by atoms with Gasteiger partial charge in [-0.2, -0.15) is 0 Å². The lowest BCUT2D eigenvalue weighted by atomic mass is 9.98. The minimum Gasteiger partial charge on any atom is -0.493 e. The summed E-state index contributed by atoms with van der Waals surface area (Å²) in [5.41, 5.74) is 1.55. The molecule has 0 spiro atoms. The van der Waals surface area contributed by atoms with Crippen molar-refractivity contribution in [2.24, 2.45) is 0 Å². The minimum atomic E-state index is -0.277. The van der Waals surface area contributed by atoms with Crippen LogP contribution in [0.15, 0.2) is 36.4 Å². The van der Waals surface area contributed by atoms with Crippen LogP contribution in [0.25, 0.3) is 0 Å². The summed E-state index contributed by atoms with van der Waals surface area (Å²) >= 11 is 0. The maximum atomic E-state index is 12.7. The normalized spacial score (nSPS) is 19.7. The fourth-order valence-electron chi connectivity index (χ4n) is 4.26. The number of ether oxygens (including phenoxy) is 5. The van der Waals surface area contributed by atoms with Crippen LogP contribution in [0.1, 0.15) is 24.3 Å². The predicted molar refractivity (Wildman–Crippen MR) is 125 cm³/mol. The van der Waals surface area contributed by atoms with Crippen molar-refractivity contribution in [1.82, 2.24) is 4.90 Å². The molecule has 2 atom stereocenters. The number of likely N-dealkylation sites (tertiary alicyclic amines) is 1.